The molecule has 13 heteroatoms. The smallest absolute Gasteiger partial charge is 0.410 e. The molecule has 1 aliphatic rings. The van der Waals surface area contributed by atoms with Gasteiger partial charge in [-0.1, -0.05) is 12.1 Å². The predicted octanol–water partition coefficient (Wildman–Crippen LogP) is 4.02. The van der Waals surface area contributed by atoms with Crippen LogP contribution in [0.5, 0.6) is 11.5 Å². The summed E-state index contributed by atoms with van der Waals surface area (Å²) in [6.07, 6.45) is 1.41. The number of likely N-dealkylation sites (tertiary alicyclic amines) is 1. The lowest BCUT2D eigenvalue weighted by atomic mass is 10.00. The Morgan fingerprint density at radius 3 is 2.18 bits per heavy atom. The van der Waals surface area contributed by atoms with E-state index in [-0.39, 0.29) is 48.1 Å². The largest absolute Gasteiger partial charge is 0.494 e. The summed E-state index contributed by atoms with van der Waals surface area (Å²) < 4.78 is 41.6. The minimum Gasteiger partial charge on any atom is -0.494 e. The number of rotatable bonds is 10. The molecule has 0 spiro atoms. The summed E-state index contributed by atoms with van der Waals surface area (Å²) in [7, 11) is 2.66. The van der Waals surface area contributed by atoms with Gasteiger partial charge in [0.05, 0.1) is 25.3 Å². The maximum absolute atomic E-state index is 15.1. The number of halogens is 1. The number of amides is 2. The normalized spacial score (nSPS) is 16.1. The molecule has 45 heavy (non-hydrogen) atoms. The molecule has 4 rings (SSSR count). The van der Waals surface area contributed by atoms with E-state index in [1.54, 1.807) is 20.8 Å². The van der Waals surface area contributed by atoms with E-state index in [9.17, 15) is 19.2 Å². The van der Waals surface area contributed by atoms with Gasteiger partial charge in [0.1, 0.15) is 23.0 Å². The minimum atomic E-state index is -0.913. The van der Waals surface area contributed by atoms with Crippen molar-refractivity contribution in [2.45, 2.75) is 38.5 Å². The fraction of sp³-hybridized carbons (Fsp3) is 0.344. The topological polar surface area (TPSA) is 143 Å². The number of nitrogens with zero attached hydrogens (tertiary/aromatic N) is 2. The maximum atomic E-state index is 15.1. The molecule has 0 radical (unpaired) electrons. The monoisotopic (exact) mass is 623 g/mol. The molecule has 238 valence electrons. The molecule has 2 amide bonds. The van der Waals surface area contributed by atoms with Gasteiger partial charge >= 0.3 is 12.1 Å². The molecule has 2 unspecified atom stereocenters. The predicted molar refractivity (Wildman–Crippen MR) is 158 cm³/mol. The van der Waals surface area contributed by atoms with E-state index < -0.39 is 47.3 Å². The number of aromatic nitrogens is 1. The average Bonchev–Trinajstić information content (AvgIpc) is 3.41. The Bertz CT molecular complexity index is 1540. The van der Waals surface area contributed by atoms with Crippen molar-refractivity contribution in [2.24, 2.45) is 0 Å². The van der Waals surface area contributed by atoms with Crippen molar-refractivity contribution in [3.63, 3.8) is 0 Å². The van der Waals surface area contributed by atoms with Gasteiger partial charge in [-0.05, 0) is 57.2 Å². The summed E-state index contributed by atoms with van der Waals surface area (Å²) in [5, 5.41) is 2.82. The van der Waals surface area contributed by atoms with Gasteiger partial charge in [0.2, 0.25) is 0 Å². The SMILES string of the molecule is COCOc1ccc(OC)c(F)c1C(=O)c1ccc(C(=O)OC2CN(C(=O)OC(C)(C)C)CC2NC(=O)c2ccncc2)cc1. The molecule has 2 aromatic carbocycles. The summed E-state index contributed by atoms with van der Waals surface area (Å²) in [5.74, 6) is -3.00. The lowest BCUT2D eigenvalue weighted by Gasteiger charge is -2.24. The van der Waals surface area contributed by atoms with Crippen LogP contribution < -0.4 is 14.8 Å². The first-order chi connectivity index (χ1) is 21.4. The third-order valence-electron chi connectivity index (χ3n) is 6.67. The summed E-state index contributed by atoms with van der Waals surface area (Å²) in [6, 6.07) is 10.5. The zero-order chi connectivity index (χ0) is 32.7. The highest BCUT2D eigenvalue weighted by atomic mass is 19.1. The summed E-state index contributed by atoms with van der Waals surface area (Å²) in [6.45, 7) is 4.98. The molecule has 1 aliphatic heterocycles. The number of methoxy groups -OCH3 is 2. The highest BCUT2D eigenvalue weighted by Crippen LogP contribution is 2.31. The minimum absolute atomic E-state index is 0.0299. The standard InChI is InChI=1S/C32H34FN3O9/c1-32(2,3)45-31(40)36-16-22(35-29(38)20-12-14-34-15-13-20)25(17-36)44-30(39)21-8-6-19(7-9-21)28(37)26-23(43-18-41-4)10-11-24(42-5)27(26)33/h6-15,22,25H,16-18H2,1-5H3,(H,35,38). The number of hydrogen-bond donors (Lipinski definition) is 1. The van der Waals surface area contributed by atoms with Crippen LogP contribution in [-0.4, -0.2) is 85.5 Å². The van der Waals surface area contributed by atoms with Crippen molar-refractivity contribution in [3.05, 3.63) is 89.0 Å². The van der Waals surface area contributed by atoms with Crippen LogP contribution in [0.25, 0.3) is 0 Å². The van der Waals surface area contributed by atoms with Crippen molar-refractivity contribution < 1.29 is 47.3 Å². The Morgan fingerprint density at radius 1 is 0.911 bits per heavy atom. The second kappa shape index (κ2) is 14.2. The van der Waals surface area contributed by atoms with Gasteiger partial charge in [-0.25, -0.2) is 14.0 Å². The molecule has 0 aliphatic carbocycles. The van der Waals surface area contributed by atoms with Crippen LogP contribution in [0.3, 0.4) is 0 Å². The zero-order valence-corrected chi connectivity index (χ0v) is 25.5. The van der Waals surface area contributed by atoms with E-state index in [2.05, 4.69) is 10.3 Å². The quantitative estimate of drug-likeness (QED) is 0.200. The number of hydrogen-bond acceptors (Lipinski definition) is 10. The molecule has 3 aromatic rings. The second-order valence-electron chi connectivity index (χ2n) is 11.1. The number of esters is 1. The first kappa shape index (κ1) is 32.9. The van der Waals surface area contributed by atoms with Crippen molar-refractivity contribution in [2.75, 3.05) is 34.1 Å². The van der Waals surface area contributed by atoms with Gasteiger partial charge in [0.15, 0.2) is 24.1 Å². The van der Waals surface area contributed by atoms with Gasteiger partial charge in [-0.3, -0.25) is 14.6 Å². The van der Waals surface area contributed by atoms with Gasteiger partial charge < -0.3 is 33.9 Å². The lowest BCUT2D eigenvalue weighted by Crippen LogP contribution is -2.44. The molecule has 1 saturated heterocycles. The van der Waals surface area contributed by atoms with Crippen LogP contribution in [0, 0.1) is 5.82 Å². The summed E-state index contributed by atoms with van der Waals surface area (Å²) in [5.41, 5.74) is -0.619. The van der Waals surface area contributed by atoms with Gasteiger partial charge in [0, 0.05) is 37.2 Å². The first-order valence-corrected chi connectivity index (χ1v) is 13.9. The zero-order valence-electron chi connectivity index (χ0n) is 25.5. The number of ketones is 1. The van der Waals surface area contributed by atoms with Gasteiger partial charge in [0.25, 0.3) is 5.91 Å². The molecule has 1 fully saturated rings. The Morgan fingerprint density at radius 2 is 1.56 bits per heavy atom. The first-order valence-electron chi connectivity index (χ1n) is 13.9. The fourth-order valence-corrected chi connectivity index (χ4v) is 4.52. The number of carbonyl (C=O) groups is 4. The van der Waals surface area contributed by atoms with E-state index in [0.717, 1.165) is 0 Å². The number of pyridine rings is 1. The fourth-order valence-electron chi connectivity index (χ4n) is 4.52. The molecule has 2 atom stereocenters. The van der Waals surface area contributed by atoms with Crippen molar-refractivity contribution in [3.8, 4) is 11.5 Å². The summed E-state index contributed by atoms with van der Waals surface area (Å²) >= 11 is 0. The molecule has 1 N–H and O–H groups in total. The van der Waals surface area contributed by atoms with Crippen molar-refractivity contribution >= 4 is 23.8 Å². The molecule has 1 aromatic heterocycles. The number of carbonyl (C=O) groups excluding carboxylic acids is 4. The third kappa shape index (κ3) is 8.12. The van der Waals surface area contributed by atoms with E-state index in [1.807, 2.05) is 0 Å². The van der Waals surface area contributed by atoms with Gasteiger partial charge in [-0.2, -0.15) is 0 Å². The number of nitrogens with one attached hydrogen (secondary N) is 1. The molecule has 0 bridgehead atoms. The molecule has 0 saturated carbocycles. The van der Waals surface area contributed by atoms with Crippen molar-refractivity contribution in [1.82, 2.24) is 15.2 Å². The van der Waals surface area contributed by atoms with Crippen LogP contribution in [0.15, 0.2) is 60.9 Å². The third-order valence-corrected chi connectivity index (χ3v) is 6.67. The molecule has 2 heterocycles. The maximum Gasteiger partial charge on any atom is 0.410 e. The van der Waals surface area contributed by atoms with E-state index in [0.29, 0.717) is 5.56 Å². The lowest BCUT2D eigenvalue weighted by molar-refractivity contribution is 0.0178. The van der Waals surface area contributed by atoms with Crippen LogP contribution >= 0.6 is 0 Å². The van der Waals surface area contributed by atoms with Gasteiger partial charge in [-0.15, -0.1) is 0 Å². The van der Waals surface area contributed by atoms with E-state index >= 15 is 4.39 Å². The Balaban J connectivity index is 1.52. The summed E-state index contributed by atoms with van der Waals surface area (Å²) in [4.78, 5) is 57.4. The molecular weight excluding hydrogens is 589 g/mol. The van der Waals surface area contributed by atoms with Crippen molar-refractivity contribution in [1.29, 1.82) is 0 Å². The Hall–Kier alpha value is -5.04. The number of benzene rings is 2. The second-order valence-corrected chi connectivity index (χ2v) is 11.1. The van der Waals surface area contributed by atoms with Crippen LogP contribution in [0.1, 0.15) is 57.4 Å². The molecular formula is C32H34FN3O9. The Labute approximate surface area is 259 Å². The molecule has 12 nitrogen and oxygen atoms in total. The van der Waals surface area contributed by atoms with Crippen LogP contribution in [-0.2, 0) is 14.2 Å². The van der Waals surface area contributed by atoms with Crippen LogP contribution in [0.4, 0.5) is 9.18 Å². The Kier molecular flexibility index (Phi) is 10.3. The highest BCUT2D eigenvalue weighted by Gasteiger charge is 2.40. The average molecular weight is 624 g/mol. The van der Waals surface area contributed by atoms with Crippen LogP contribution in [0.2, 0.25) is 0 Å². The highest BCUT2D eigenvalue weighted by molar-refractivity contribution is 6.11. The van der Waals surface area contributed by atoms with E-state index in [4.69, 9.17) is 23.7 Å². The van der Waals surface area contributed by atoms with E-state index in [1.165, 1.54) is 80.0 Å². The number of ether oxygens (including phenoxy) is 5.